The summed E-state index contributed by atoms with van der Waals surface area (Å²) in [6.45, 7) is -3.11. The fourth-order valence-electron chi connectivity index (χ4n) is 2.97. The van der Waals surface area contributed by atoms with Crippen LogP contribution < -0.4 is 10.1 Å². The second kappa shape index (κ2) is 7.80. The van der Waals surface area contributed by atoms with Crippen molar-refractivity contribution in [3.8, 4) is 22.9 Å². The summed E-state index contributed by atoms with van der Waals surface area (Å²) in [4.78, 5) is 8.55. The molecule has 0 radical (unpaired) electrons. The number of hydrogen-bond acceptors (Lipinski definition) is 5. The van der Waals surface area contributed by atoms with E-state index in [1.807, 2.05) is 6.07 Å². The van der Waals surface area contributed by atoms with Crippen LogP contribution in [0, 0.1) is 17.1 Å². The Balaban J connectivity index is 1.73. The molecule has 1 aromatic heterocycles. The molecule has 8 heteroatoms. The van der Waals surface area contributed by atoms with Gasteiger partial charge in [0, 0.05) is 17.5 Å². The van der Waals surface area contributed by atoms with Crippen molar-refractivity contribution in [1.29, 1.82) is 5.26 Å². The minimum absolute atomic E-state index is 0.00173. The van der Waals surface area contributed by atoms with Crippen LogP contribution in [0.25, 0.3) is 11.1 Å². The standard InChI is InChI=1S/C21H15F3N4O/c22-15-7-16(13-3-1-12(9-25)2-4-13)20(29-21(23)24)17(8-15)28-19-11-26-18(10-27-19)14-5-6-14/h1-4,7-8,10-11,14,21H,5-6H2,(H,27,28). The van der Waals surface area contributed by atoms with Gasteiger partial charge in [0.15, 0.2) is 5.75 Å². The number of alkyl halides is 2. The maximum Gasteiger partial charge on any atom is 0.387 e. The fourth-order valence-corrected chi connectivity index (χ4v) is 2.97. The highest BCUT2D eigenvalue weighted by Gasteiger charge is 2.25. The van der Waals surface area contributed by atoms with Gasteiger partial charge in [-0.2, -0.15) is 14.0 Å². The molecule has 1 heterocycles. The minimum atomic E-state index is -3.11. The molecule has 0 unspecified atom stereocenters. The van der Waals surface area contributed by atoms with Crippen LogP contribution in [0.4, 0.5) is 24.7 Å². The number of hydrogen-bond donors (Lipinski definition) is 1. The van der Waals surface area contributed by atoms with E-state index >= 15 is 0 Å². The number of nitrogens with one attached hydrogen (secondary N) is 1. The monoisotopic (exact) mass is 396 g/mol. The number of benzene rings is 2. The number of halogens is 3. The highest BCUT2D eigenvalue weighted by atomic mass is 19.3. The summed E-state index contributed by atoms with van der Waals surface area (Å²) in [7, 11) is 0. The molecular weight excluding hydrogens is 381 g/mol. The van der Waals surface area contributed by atoms with E-state index < -0.39 is 12.4 Å². The van der Waals surface area contributed by atoms with Gasteiger partial charge in [0.05, 0.1) is 35.4 Å². The van der Waals surface area contributed by atoms with Gasteiger partial charge in [0.2, 0.25) is 0 Å². The lowest BCUT2D eigenvalue weighted by atomic mass is 10.0. The number of nitrogens with zero attached hydrogens (tertiary/aromatic N) is 3. The first-order valence-electron chi connectivity index (χ1n) is 8.91. The van der Waals surface area contributed by atoms with Crippen LogP contribution >= 0.6 is 0 Å². The molecule has 1 saturated carbocycles. The molecule has 0 spiro atoms. The average Bonchev–Trinajstić information content (AvgIpc) is 3.55. The van der Waals surface area contributed by atoms with Gasteiger partial charge < -0.3 is 10.1 Å². The molecule has 0 aliphatic heterocycles. The van der Waals surface area contributed by atoms with Crippen molar-refractivity contribution < 1.29 is 17.9 Å². The lowest BCUT2D eigenvalue weighted by Gasteiger charge is -2.17. The van der Waals surface area contributed by atoms with Crippen LogP contribution in [-0.4, -0.2) is 16.6 Å². The number of ether oxygens (including phenoxy) is 1. The lowest BCUT2D eigenvalue weighted by Crippen LogP contribution is -2.07. The molecule has 0 saturated heterocycles. The van der Waals surface area contributed by atoms with E-state index in [2.05, 4.69) is 15.3 Å². The van der Waals surface area contributed by atoms with Crippen LogP contribution in [-0.2, 0) is 0 Å². The van der Waals surface area contributed by atoms with Gasteiger partial charge in [0.1, 0.15) is 11.6 Å². The van der Waals surface area contributed by atoms with Crippen LogP contribution in [0.1, 0.15) is 30.0 Å². The van der Waals surface area contributed by atoms with Crippen LogP contribution in [0.2, 0.25) is 0 Å². The molecule has 146 valence electrons. The third-order valence-electron chi connectivity index (χ3n) is 4.52. The van der Waals surface area contributed by atoms with Gasteiger partial charge in [-0.25, -0.2) is 9.37 Å². The van der Waals surface area contributed by atoms with Crippen LogP contribution in [0.3, 0.4) is 0 Å². The Labute approximate surface area is 164 Å². The second-order valence-electron chi connectivity index (χ2n) is 6.62. The molecule has 0 amide bonds. The molecule has 29 heavy (non-hydrogen) atoms. The number of nitriles is 1. The molecule has 4 rings (SSSR count). The van der Waals surface area contributed by atoms with E-state index in [0.717, 1.165) is 30.7 Å². The largest absolute Gasteiger partial charge is 0.432 e. The first-order chi connectivity index (χ1) is 14.0. The van der Waals surface area contributed by atoms with Crippen LogP contribution in [0.5, 0.6) is 5.75 Å². The maximum atomic E-state index is 14.3. The zero-order chi connectivity index (χ0) is 20.4. The Morgan fingerprint density at radius 3 is 2.45 bits per heavy atom. The predicted molar refractivity (Wildman–Crippen MR) is 100 cm³/mol. The summed E-state index contributed by atoms with van der Waals surface area (Å²) < 4.78 is 45.2. The first kappa shape index (κ1) is 18.7. The van der Waals surface area contributed by atoms with Crippen molar-refractivity contribution in [2.75, 3.05) is 5.32 Å². The SMILES string of the molecule is N#Cc1ccc(-c2cc(F)cc(Nc3cnc(C4CC4)cn3)c2OC(F)F)cc1. The van der Waals surface area contributed by atoms with Crippen molar-refractivity contribution in [3.63, 3.8) is 0 Å². The summed E-state index contributed by atoms with van der Waals surface area (Å²) in [6, 6.07) is 10.2. The van der Waals surface area contributed by atoms with Crippen LogP contribution in [0.15, 0.2) is 48.8 Å². The molecule has 0 atom stereocenters. The Hall–Kier alpha value is -3.60. The van der Waals surface area contributed by atoms with E-state index in [9.17, 15) is 13.2 Å². The third kappa shape index (κ3) is 4.29. The van der Waals surface area contributed by atoms with Crippen molar-refractivity contribution in [2.45, 2.75) is 25.4 Å². The fraction of sp³-hybridized carbons (Fsp3) is 0.190. The number of rotatable bonds is 6. The van der Waals surface area contributed by atoms with Crippen molar-refractivity contribution in [1.82, 2.24) is 9.97 Å². The van der Waals surface area contributed by atoms with Crippen molar-refractivity contribution >= 4 is 11.5 Å². The van der Waals surface area contributed by atoms with Crippen molar-refractivity contribution in [2.24, 2.45) is 0 Å². The zero-order valence-corrected chi connectivity index (χ0v) is 15.1. The lowest BCUT2D eigenvalue weighted by molar-refractivity contribution is -0.0489. The van der Waals surface area contributed by atoms with E-state index in [4.69, 9.17) is 10.00 Å². The number of aromatic nitrogens is 2. The molecule has 5 nitrogen and oxygen atoms in total. The number of anilines is 2. The van der Waals surface area contributed by atoms with Gasteiger partial charge in [-0.05, 0) is 36.6 Å². The van der Waals surface area contributed by atoms with E-state index in [1.165, 1.54) is 18.3 Å². The summed E-state index contributed by atoms with van der Waals surface area (Å²) in [5, 5.41) is 11.7. The first-order valence-corrected chi connectivity index (χ1v) is 8.91. The molecule has 2 aromatic carbocycles. The Kier molecular flexibility index (Phi) is 5.04. The Bertz CT molecular complexity index is 1060. The normalized spacial score (nSPS) is 13.2. The zero-order valence-electron chi connectivity index (χ0n) is 15.1. The predicted octanol–water partition coefficient (Wildman–Crippen LogP) is 5.38. The quantitative estimate of drug-likeness (QED) is 0.606. The van der Waals surface area contributed by atoms with E-state index in [0.29, 0.717) is 17.0 Å². The molecule has 3 aromatic rings. The highest BCUT2D eigenvalue weighted by molar-refractivity contribution is 5.80. The summed E-state index contributed by atoms with van der Waals surface area (Å²) in [5.41, 5.74) is 1.82. The molecule has 1 N–H and O–H groups in total. The summed E-state index contributed by atoms with van der Waals surface area (Å²) >= 11 is 0. The van der Waals surface area contributed by atoms with Gasteiger partial charge in [-0.15, -0.1) is 0 Å². The van der Waals surface area contributed by atoms with Gasteiger partial charge in [-0.1, -0.05) is 12.1 Å². The Morgan fingerprint density at radius 1 is 1.10 bits per heavy atom. The molecule has 1 aliphatic carbocycles. The topological polar surface area (TPSA) is 70.8 Å². The smallest absolute Gasteiger partial charge is 0.387 e. The molecule has 0 bridgehead atoms. The minimum Gasteiger partial charge on any atom is -0.432 e. The van der Waals surface area contributed by atoms with Gasteiger partial charge in [0.25, 0.3) is 0 Å². The maximum absolute atomic E-state index is 14.3. The summed E-state index contributed by atoms with van der Waals surface area (Å²) in [6.07, 6.45) is 5.25. The van der Waals surface area contributed by atoms with E-state index in [1.54, 1.807) is 18.3 Å². The van der Waals surface area contributed by atoms with Gasteiger partial charge >= 0.3 is 6.61 Å². The molecule has 1 fully saturated rings. The molecule has 1 aliphatic rings. The third-order valence-corrected chi connectivity index (χ3v) is 4.52. The second-order valence-corrected chi connectivity index (χ2v) is 6.62. The summed E-state index contributed by atoms with van der Waals surface area (Å²) in [5.74, 6) is -0.161. The van der Waals surface area contributed by atoms with Gasteiger partial charge in [-0.3, -0.25) is 4.98 Å². The average molecular weight is 396 g/mol. The Morgan fingerprint density at radius 2 is 1.86 bits per heavy atom. The van der Waals surface area contributed by atoms with Crippen molar-refractivity contribution in [3.05, 3.63) is 65.9 Å². The molecular formula is C21H15F3N4O. The highest BCUT2D eigenvalue weighted by Crippen LogP contribution is 2.41. The van der Waals surface area contributed by atoms with E-state index in [-0.39, 0.29) is 22.8 Å².